The van der Waals surface area contributed by atoms with E-state index in [9.17, 15) is 13.2 Å². The van der Waals surface area contributed by atoms with Crippen LogP contribution in [0, 0.1) is 0 Å². The zero-order valence-corrected chi connectivity index (χ0v) is 15.4. The number of benzene rings is 1. The van der Waals surface area contributed by atoms with E-state index in [1.54, 1.807) is 0 Å². The van der Waals surface area contributed by atoms with Gasteiger partial charge in [0, 0.05) is 13.1 Å². The minimum atomic E-state index is -3.37. The van der Waals surface area contributed by atoms with Crippen LogP contribution in [-0.4, -0.2) is 63.0 Å². The van der Waals surface area contributed by atoms with Crippen molar-refractivity contribution in [2.24, 2.45) is 0 Å². The SMILES string of the molecule is CN(C)C(CNC(=O)C1CCCCN1S(C)(=O)=O)c1ccccc1. The van der Waals surface area contributed by atoms with E-state index in [-0.39, 0.29) is 11.9 Å². The van der Waals surface area contributed by atoms with Crippen molar-refractivity contribution in [1.29, 1.82) is 0 Å². The van der Waals surface area contributed by atoms with Gasteiger partial charge in [-0.05, 0) is 32.5 Å². The summed E-state index contributed by atoms with van der Waals surface area (Å²) < 4.78 is 25.1. The molecule has 1 saturated heterocycles. The Morgan fingerprint density at radius 1 is 1.29 bits per heavy atom. The Kier molecular flexibility index (Phi) is 6.37. The van der Waals surface area contributed by atoms with Gasteiger partial charge in [-0.2, -0.15) is 4.31 Å². The molecule has 2 atom stereocenters. The number of sulfonamides is 1. The molecule has 2 unspecified atom stereocenters. The third-order valence-corrected chi connectivity index (χ3v) is 5.75. The summed E-state index contributed by atoms with van der Waals surface area (Å²) in [5.74, 6) is -0.206. The van der Waals surface area contributed by atoms with Crippen molar-refractivity contribution in [2.75, 3.05) is 33.4 Å². The molecule has 2 rings (SSSR count). The number of nitrogens with one attached hydrogen (secondary N) is 1. The fraction of sp³-hybridized carbons (Fsp3) is 0.588. The van der Waals surface area contributed by atoms with E-state index >= 15 is 0 Å². The lowest BCUT2D eigenvalue weighted by Gasteiger charge is -2.33. The van der Waals surface area contributed by atoms with Gasteiger partial charge in [0.15, 0.2) is 0 Å². The first-order chi connectivity index (χ1) is 11.3. The summed E-state index contributed by atoms with van der Waals surface area (Å²) in [4.78, 5) is 14.6. The maximum atomic E-state index is 12.6. The van der Waals surface area contributed by atoms with Crippen LogP contribution in [0.5, 0.6) is 0 Å². The molecule has 0 aliphatic carbocycles. The number of nitrogens with zero attached hydrogens (tertiary/aromatic N) is 2. The van der Waals surface area contributed by atoms with Crippen LogP contribution in [0.2, 0.25) is 0 Å². The van der Waals surface area contributed by atoms with E-state index in [2.05, 4.69) is 5.32 Å². The number of carbonyl (C=O) groups excluding carboxylic acids is 1. The quantitative estimate of drug-likeness (QED) is 0.835. The number of amides is 1. The second-order valence-corrected chi connectivity index (χ2v) is 8.46. The zero-order valence-electron chi connectivity index (χ0n) is 14.6. The largest absolute Gasteiger partial charge is 0.353 e. The summed E-state index contributed by atoms with van der Waals surface area (Å²) in [6, 6.07) is 9.42. The predicted molar refractivity (Wildman–Crippen MR) is 95.1 cm³/mol. The summed E-state index contributed by atoms with van der Waals surface area (Å²) in [6.07, 6.45) is 3.43. The van der Waals surface area contributed by atoms with Crippen LogP contribution in [0.15, 0.2) is 30.3 Å². The number of hydrogen-bond donors (Lipinski definition) is 1. The molecule has 0 saturated carbocycles. The third-order valence-electron chi connectivity index (χ3n) is 4.46. The van der Waals surface area contributed by atoms with E-state index in [0.29, 0.717) is 19.5 Å². The molecule has 134 valence electrons. The molecular formula is C17H27N3O3S. The third kappa shape index (κ3) is 4.78. The summed E-state index contributed by atoms with van der Waals surface area (Å²) in [5, 5.41) is 2.95. The molecule has 1 fully saturated rings. The Labute approximate surface area is 144 Å². The standard InChI is InChI=1S/C17H27N3O3S/c1-19(2)16(14-9-5-4-6-10-14)13-18-17(21)15-11-7-8-12-20(15)24(3,22)23/h4-6,9-10,15-16H,7-8,11-13H2,1-3H3,(H,18,21). The van der Waals surface area contributed by atoms with Gasteiger partial charge in [0.2, 0.25) is 15.9 Å². The second-order valence-electron chi connectivity index (χ2n) is 6.52. The molecule has 1 aliphatic heterocycles. The van der Waals surface area contributed by atoms with Crippen LogP contribution in [0.4, 0.5) is 0 Å². The van der Waals surface area contributed by atoms with Crippen LogP contribution >= 0.6 is 0 Å². The highest BCUT2D eigenvalue weighted by molar-refractivity contribution is 7.88. The molecule has 0 aromatic heterocycles. The Morgan fingerprint density at radius 2 is 1.96 bits per heavy atom. The van der Waals surface area contributed by atoms with Crippen molar-refractivity contribution in [2.45, 2.75) is 31.3 Å². The molecule has 1 heterocycles. The Balaban J connectivity index is 2.05. The number of piperidine rings is 1. The molecule has 6 nitrogen and oxygen atoms in total. The van der Waals surface area contributed by atoms with Crippen LogP contribution < -0.4 is 5.32 Å². The summed E-state index contributed by atoms with van der Waals surface area (Å²) >= 11 is 0. The summed E-state index contributed by atoms with van der Waals surface area (Å²) in [6.45, 7) is 0.872. The Hall–Kier alpha value is -1.44. The van der Waals surface area contributed by atoms with Crippen molar-refractivity contribution in [3.05, 3.63) is 35.9 Å². The van der Waals surface area contributed by atoms with Gasteiger partial charge < -0.3 is 10.2 Å². The molecule has 0 spiro atoms. The zero-order chi connectivity index (χ0) is 17.7. The minimum absolute atomic E-state index is 0.0467. The molecule has 24 heavy (non-hydrogen) atoms. The van der Waals surface area contributed by atoms with Gasteiger partial charge in [0.25, 0.3) is 0 Å². The van der Waals surface area contributed by atoms with Crippen molar-refractivity contribution >= 4 is 15.9 Å². The average molecular weight is 353 g/mol. The fourth-order valence-electron chi connectivity index (χ4n) is 3.15. The number of carbonyl (C=O) groups is 1. The topological polar surface area (TPSA) is 69.7 Å². The molecule has 7 heteroatoms. The first-order valence-electron chi connectivity index (χ1n) is 8.26. The highest BCUT2D eigenvalue weighted by Crippen LogP contribution is 2.21. The first kappa shape index (κ1) is 18.9. The number of rotatable bonds is 6. The lowest BCUT2D eigenvalue weighted by molar-refractivity contribution is -0.125. The van der Waals surface area contributed by atoms with E-state index < -0.39 is 16.1 Å². The second kappa shape index (κ2) is 8.09. The van der Waals surface area contributed by atoms with Crippen molar-refractivity contribution in [1.82, 2.24) is 14.5 Å². The normalized spacial score (nSPS) is 20.8. The Bertz CT molecular complexity index is 646. The van der Waals surface area contributed by atoms with Gasteiger partial charge in [0.05, 0.1) is 12.3 Å². The van der Waals surface area contributed by atoms with Crippen LogP contribution in [-0.2, 0) is 14.8 Å². The smallest absolute Gasteiger partial charge is 0.238 e. The van der Waals surface area contributed by atoms with E-state index in [1.165, 1.54) is 10.6 Å². The van der Waals surface area contributed by atoms with Crippen LogP contribution in [0.3, 0.4) is 0 Å². The number of hydrogen-bond acceptors (Lipinski definition) is 4. The summed E-state index contributed by atoms with van der Waals surface area (Å²) in [5.41, 5.74) is 1.12. The maximum absolute atomic E-state index is 12.6. The minimum Gasteiger partial charge on any atom is -0.353 e. The van der Waals surface area contributed by atoms with Gasteiger partial charge in [-0.3, -0.25) is 4.79 Å². The molecule has 1 amide bonds. The number of likely N-dealkylation sites (N-methyl/N-ethyl adjacent to an activating group) is 1. The fourth-order valence-corrected chi connectivity index (χ4v) is 4.28. The van der Waals surface area contributed by atoms with E-state index in [1.807, 2.05) is 49.3 Å². The van der Waals surface area contributed by atoms with Crippen molar-refractivity contribution in [3.63, 3.8) is 0 Å². The van der Waals surface area contributed by atoms with E-state index in [4.69, 9.17) is 0 Å². The highest BCUT2D eigenvalue weighted by atomic mass is 32.2. The Morgan fingerprint density at radius 3 is 2.54 bits per heavy atom. The highest BCUT2D eigenvalue weighted by Gasteiger charge is 2.34. The first-order valence-corrected chi connectivity index (χ1v) is 10.1. The van der Waals surface area contributed by atoms with Crippen LogP contribution in [0.25, 0.3) is 0 Å². The molecule has 1 aromatic carbocycles. The monoisotopic (exact) mass is 353 g/mol. The molecule has 1 aromatic rings. The molecule has 0 bridgehead atoms. The van der Waals surface area contributed by atoms with Crippen molar-refractivity contribution < 1.29 is 13.2 Å². The molecule has 0 radical (unpaired) electrons. The van der Waals surface area contributed by atoms with Gasteiger partial charge in [0.1, 0.15) is 6.04 Å². The molecule has 1 N–H and O–H groups in total. The van der Waals surface area contributed by atoms with Gasteiger partial charge in [-0.15, -0.1) is 0 Å². The molecular weight excluding hydrogens is 326 g/mol. The maximum Gasteiger partial charge on any atom is 0.238 e. The van der Waals surface area contributed by atoms with Gasteiger partial charge in [-0.1, -0.05) is 36.8 Å². The summed E-state index contributed by atoms with van der Waals surface area (Å²) in [7, 11) is 0.566. The van der Waals surface area contributed by atoms with Gasteiger partial charge >= 0.3 is 0 Å². The van der Waals surface area contributed by atoms with Crippen molar-refractivity contribution in [3.8, 4) is 0 Å². The lowest BCUT2D eigenvalue weighted by atomic mass is 10.0. The predicted octanol–water partition coefficient (Wildman–Crippen LogP) is 1.22. The van der Waals surface area contributed by atoms with Crippen LogP contribution in [0.1, 0.15) is 30.9 Å². The van der Waals surface area contributed by atoms with E-state index in [0.717, 1.165) is 18.4 Å². The molecule has 1 aliphatic rings. The average Bonchev–Trinajstić information content (AvgIpc) is 2.54. The van der Waals surface area contributed by atoms with Gasteiger partial charge in [-0.25, -0.2) is 8.42 Å². The lowest BCUT2D eigenvalue weighted by Crippen LogP contribution is -2.52.